The standard InChI is InChI=1S/C11H15BrN6/c1-3-5-13-10-9(12)11(15-7-14-10)16-8-4-6-18(2)17-8/h4,6-7H,3,5H2,1-2H3,(H2,13,14,15,16,17). The number of aromatic nitrogens is 4. The van der Waals surface area contributed by atoms with E-state index in [-0.39, 0.29) is 0 Å². The van der Waals surface area contributed by atoms with Crippen molar-refractivity contribution in [3.63, 3.8) is 0 Å². The van der Waals surface area contributed by atoms with Gasteiger partial charge in [0.1, 0.15) is 16.6 Å². The third kappa shape index (κ3) is 2.98. The molecule has 0 aromatic carbocycles. The van der Waals surface area contributed by atoms with E-state index in [2.05, 4.69) is 48.6 Å². The van der Waals surface area contributed by atoms with Gasteiger partial charge in [0, 0.05) is 25.9 Å². The van der Waals surface area contributed by atoms with Crippen LogP contribution in [0.25, 0.3) is 0 Å². The zero-order valence-electron chi connectivity index (χ0n) is 10.3. The minimum absolute atomic E-state index is 0.697. The molecule has 0 saturated carbocycles. The van der Waals surface area contributed by atoms with Crippen LogP contribution in [0.15, 0.2) is 23.1 Å². The summed E-state index contributed by atoms with van der Waals surface area (Å²) in [7, 11) is 1.87. The fraction of sp³-hybridized carbons (Fsp3) is 0.364. The molecular formula is C11H15BrN6. The van der Waals surface area contributed by atoms with Gasteiger partial charge in [-0.25, -0.2) is 9.97 Å². The predicted octanol–water partition coefficient (Wildman–Crippen LogP) is 2.54. The monoisotopic (exact) mass is 310 g/mol. The number of rotatable bonds is 5. The summed E-state index contributed by atoms with van der Waals surface area (Å²) < 4.78 is 2.54. The highest BCUT2D eigenvalue weighted by molar-refractivity contribution is 9.10. The molecule has 2 aromatic rings. The number of halogens is 1. The second-order valence-corrected chi connectivity index (χ2v) is 4.60. The highest BCUT2D eigenvalue weighted by atomic mass is 79.9. The molecule has 2 aromatic heterocycles. The van der Waals surface area contributed by atoms with E-state index >= 15 is 0 Å². The Morgan fingerprint density at radius 1 is 1.33 bits per heavy atom. The fourth-order valence-corrected chi connectivity index (χ4v) is 1.87. The molecule has 0 aliphatic heterocycles. The van der Waals surface area contributed by atoms with Crippen molar-refractivity contribution in [2.75, 3.05) is 17.2 Å². The van der Waals surface area contributed by atoms with Gasteiger partial charge in [0.15, 0.2) is 11.6 Å². The van der Waals surface area contributed by atoms with Crippen LogP contribution in [0.2, 0.25) is 0 Å². The Kier molecular flexibility index (Phi) is 4.14. The normalized spacial score (nSPS) is 10.4. The number of aryl methyl sites for hydroxylation is 1. The number of nitrogens with one attached hydrogen (secondary N) is 2. The van der Waals surface area contributed by atoms with Crippen molar-refractivity contribution in [1.82, 2.24) is 19.7 Å². The first-order chi connectivity index (χ1) is 8.70. The summed E-state index contributed by atoms with van der Waals surface area (Å²) >= 11 is 3.49. The lowest BCUT2D eigenvalue weighted by atomic mass is 10.4. The molecule has 0 radical (unpaired) electrons. The van der Waals surface area contributed by atoms with E-state index in [0.717, 1.165) is 29.1 Å². The molecule has 0 aliphatic rings. The highest BCUT2D eigenvalue weighted by Gasteiger charge is 2.09. The molecule has 2 heterocycles. The van der Waals surface area contributed by atoms with E-state index in [1.165, 1.54) is 6.33 Å². The van der Waals surface area contributed by atoms with Crippen molar-refractivity contribution in [2.45, 2.75) is 13.3 Å². The molecule has 0 spiro atoms. The topological polar surface area (TPSA) is 67.7 Å². The summed E-state index contributed by atoms with van der Waals surface area (Å²) in [4.78, 5) is 8.38. The smallest absolute Gasteiger partial charge is 0.153 e. The highest BCUT2D eigenvalue weighted by Crippen LogP contribution is 2.28. The number of hydrogen-bond acceptors (Lipinski definition) is 5. The largest absolute Gasteiger partial charge is 0.369 e. The van der Waals surface area contributed by atoms with Gasteiger partial charge in [-0.1, -0.05) is 6.92 Å². The third-order valence-electron chi connectivity index (χ3n) is 2.29. The van der Waals surface area contributed by atoms with Crippen LogP contribution in [0.4, 0.5) is 17.5 Å². The summed E-state index contributed by atoms with van der Waals surface area (Å²) in [6.45, 7) is 2.98. The first kappa shape index (κ1) is 12.8. The zero-order valence-corrected chi connectivity index (χ0v) is 11.9. The van der Waals surface area contributed by atoms with Crippen molar-refractivity contribution in [3.8, 4) is 0 Å². The zero-order chi connectivity index (χ0) is 13.0. The van der Waals surface area contributed by atoms with Gasteiger partial charge in [-0.05, 0) is 22.4 Å². The van der Waals surface area contributed by atoms with Gasteiger partial charge in [0.2, 0.25) is 0 Å². The first-order valence-corrected chi connectivity index (χ1v) is 6.51. The van der Waals surface area contributed by atoms with Gasteiger partial charge in [-0.2, -0.15) is 5.10 Å². The number of nitrogens with zero attached hydrogens (tertiary/aromatic N) is 4. The minimum atomic E-state index is 0.697. The van der Waals surface area contributed by atoms with Gasteiger partial charge in [0.25, 0.3) is 0 Å². The quantitative estimate of drug-likeness (QED) is 0.888. The van der Waals surface area contributed by atoms with Crippen molar-refractivity contribution >= 4 is 33.4 Å². The molecule has 0 fully saturated rings. The van der Waals surface area contributed by atoms with Crippen molar-refractivity contribution in [1.29, 1.82) is 0 Å². The van der Waals surface area contributed by atoms with E-state index in [9.17, 15) is 0 Å². The van der Waals surface area contributed by atoms with Gasteiger partial charge >= 0.3 is 0 Å². The molecule has 0 saturated heterocycles. The van der Waals surface area contributed by atoms with Crippen molar-refractivity contribution < 1.29 is 0 Å². The van der Waals surface area contributed by atoms with E-state index in [4.69, 9.17) is 0 Å². The van der Waals surface area contributed by atoms with Crippen LogP contribution in [0.1, 0.15) is 13.3 Å². The van der Waals surface area contributed by atoms with Gasteiger partial charge < -0.3 is 10.6 Å². The molecule has 0 aliphatic carbocycles. The maximum absolute atomic E-state index is 4.24. The van der Waals surface area contributed by atoms with Crippen molar-refractivity contribution in [2.24, 2.45) is 7.05 Å². The Labute approximate surface area is 114 Å². The maximum Gasteiger partial charge on any atom is 0.153 e. The molecule has 0 bridgehead atoms. The van der Waals surface area contributed by atoms with Crippen LogP contribution < -0.4 is 10.6 Å². The fourth-order valence-electron chi connectivity index (χ4n) is 1.43. The van der Waals surface area contributed by atoms with E-state index in [1.54, 1.807) is 4.68 Å². The summed E-state index contributed by atoms with van der Waals surface area (Å²) in [5, 5.41) is 10.6. The average molecular weight is 311 g/mol. The Bertz CT molecular complexity index is 524. The molecule has 96 valence electrons. The predicted molar refractivity (Wildman–Crippen MR) is 75.0 cm³/mol. The lowest BCUT2D eigenvalue weighted by molar-refractivity contribution is 0.771. The van der Waals surface area contributed by atoms with Gasteiger partial charge in [0.05, 0.1) is 0 Å². The minimum Gasteiger partial charge on any atom is -0.369 e. The lowest BCUT2D eigenvalue weighted by Gasteiger charge is -2.09. The third-order valence-corrected chi connectivity index (χ3v) is 3.04. The van der Waals surface area contributed by atoms with Crippen LogP contribution in [0, 0.1) is 0 Å². The van der Waals surface area contributed by atoms with Crippen LogP contribution in [0.3, 0.4) is 0 Å². The molecule has 0 amide bonds. The summed E-state index contributed by atoms with van der Waals surface area (Å²) in [6.07, 6.45) is 4.43. The Hall–Kier alpha value is -1.63. The Morgan fingerprint density at radius 3 is 2.78 bits per heavy atom. The van der Waals surface area contributed by atoms with E-state index in [0.29, 0.717) is 5.82 Å². The number of anilines is 3. The SMILES string of the molecule is CCCNc1ncnc(Nc2ccn(C)n2)c1Br. The van der Waals surface area contributed by atoms with Gasteiger partial charge in [-0.15, -0.1) is 0 Å². The maximum atomic E-state index is 4.24. The average Bonchev–Trinajstić information content (AvgIpc) is 2.76. The molecule has 0 unspecified atom stereocenters. The molecule has 2 rings (SSSR count). The molecule has 0 atom stereocenters. The van der Waals surface area contributed by atoms with Crippen LogP contribution >= 0.6 is 15.9 Å². The Morgan fingerprint density at radius 2 is 2.11 bits per heavy atom. The molecule has 7 heteroatoms. The van der Waals surface area contributed by atoms with Crippen LogP contribution in [-0.4, -0.2) is 26.3 Å². The van der Waals surface area contributed by atoms with Crippen LogP contribution in [0.5, 0.6) is 0 Å². The molecular weight excluding hydrogens is 296 g/mol. The second-order valence-electron chi connectivity index (χ2n) is 3.81. The van der Waals surface area contributed by atoms with Crippen molar-refractivity contribution in [3.05, 3.63) is 23.1 Å². The van der Waals surface area contributed by atoms with E-state index < -0.39 is 0 Å². The summed E-state index contributed by atoms with van der Waals surface area (Å²) in [6, 6.07) is 1.88. The molecule has 18 heavy (non-hydrogen) atoms. The Balaban J connectivity index is 2.17. The number of hydrogen-bond donors (Lipinski definition) is 2. The van der Waals surface area contributed by atoms with Gasteiger partial charge in [-0.3, -0.25) is 4.68 Å². The summed E-state index contributed by atoms with van der Waals surface area (Å²) in [5.74, 6) is 2.23. The summed E-state index contributed by atoms with van der Waals surface area (Å²) in [5.41, 5.74) is 0. The first-order valence-electron chi connectivity index (χ1n) is 5.71. The van der Waals surface area contributed by atoms with Crippen LogP contribution in [-0.2, 0) is 7.05 Å². The molecule has 6 nitrogen and oxygen atoms in total. The lowest BCUT2D eigenvalue weighted by Crippen LogP contribution is -2.05. The molecule has 2 N–H and O–H groups in total. The van der Waals surface area contributed by atoms with E-state index in [1.807, 2.05) is 19.3 Å². The second kappa shape index (κ2) is 5.81.